The van der Waals surface area contributed by atoms with E-state index >= 15 is 0 Å². The smallest absolute Gasteiger partial charge is 0.306 e. The van der Waals surface area contributed by atoms with E-state index in [0.29, 0.717) is 26.1 Å². The van der Waals surface area contributed by atoms with Crippen LogP contribution in [0.4, 0.5) is 0 Å². The number of ether oxygens (including phenoxy) is 3. The van der Waals surface area contributed by atoms with E-state index in [1.165, 1.54) is 295 Å². The van der Waals surface area contributed by atoms with E-state index in [2.05, 4.69) is 57.2 Å². The van der Waals surface area contributed by atoms with Crippen molar-refractivity contribution >= 4 is 11.9 Å². The monoisotopic (exact) mass is 1040 g/mol. The summed E-state index contributed by atoms with van der Waals surface area (Å²) < 4.78 is 17.6. The Hall–Kier alpha value is -1.88. The molecule has 0 fully saturated rings. The highest BCUT2D eigenvalue weighted by Crippen LogP contribution is 2.18. The minimum atomic E-state index is -0.536. The molecule has 0 spiro atoms. The van der Waals surface area contributed by atoms with Gasteiger partial charge in [0.05, 0.1) is 6.61 Å². The van der Waals surface area contributed by atoms with Gasteiger partial charge in [0.15, 0.2) is 6.10 Å². The summed E-state index contributed by atoms with van der Waals surface area (Å²) in [4.78, 5) is 25.7. The molecule has 0 amide bonds. The average molecular weight is 1040 g/mol. The topological polar surface area (TPSA) is 61.8 Å². The maximum absolute atomic E-state index is 12.9. The van der Waals surface area contributed by atoms with Crippen LogP contribution >= 0.6 is 0 Å². The van der Waals surface area contributed by atoms with E-state index in [9.17, 15) is 9.59 Å². The highest BCUT2D eigenvalue weighted by atomic mass is 16.6. The zero-order valence-electron chi connectivity index (χ0n) is 50.4. The largest absolute Gasteiger partial charge is 0.462 e. The summed E-state index contributed by atoms with van der Waals surface area (Å²) in [6, 6.07) is 0. The van der Waals surface area contributed by atoms with Crippen molar-refractivity contribution in [3.8, 4) is 0 Å². The van der Waals surface area contributed by atoms with Gasteiger partial charge in [0.1, 0.15) is 6.61 Å². The van der Waals surface area contributed by atoms with Crippen LogP contribution in [0.2, 0.25) is 0 Å². The molecular formula is C69H130O5. The van der Waals surface area contributed by atoms with E-state index in [-0.39, 0.29) is 18.5 Å². The highest BCUT2D eigenvalue weighted by molar-refractivity contribution is 5.70. The van der Waals surface area contributed by atoms with Crippen LogP contribution in [0.5, 0.6) is 0 Å². The number of carbonyl (C=O) groups is 2. The van der Waals surface area contributed by atoms with E-state index in [0.717, 1.165) is 38.5 Å². The van der Waals surface area contributed by atoms with Gasteiger partial charge < -0.3 is 14.2 Å². The van der Waals surface area contributed by atoms with E-state index in [4.69, 9.17) is 14.2 Å². The van der Waals surface area contributed by atoms with Crippen molar-refractivity contribution in [2.75, 3.05) is 19.8 Å². The van der Waals surface area contributed by atoms with Crippen molar-refractivity contribution in [1.82, 2.24) is 0 Å². The molecule has 74 heavy (non-hydrogen) atoms. The van der Waals surface area contributed by atoms with E-state index < -0.39 is 6.10 Å². The van der Waals surface area contributed by atoms with Crippen LogP contribution in [0.3, 0.4) is 0 Å². The lowest BCUT2D eigenvalue weighted by molar-refractivity contribution is -0.163. The van der Waals surface area contributed by atoms with Crippen molar-refractivity contribution in [2.24, 2.45) is 0 Å². The van der Waals surface area contributed by atoms with Gasteiger partial charge in [0, 0.05) is 19.4 Å². The predicted molar refractivity (Wildman–Crippen MR) is 325 cm³/mol. The van der Waals surface area contributed by atoms with Crippen LogP contribution < -0.4 is 0 Å². The SMILES string of the molecule is CCCCC/C=C\C/C=C\CCCCCCCCCCCC(=O)OCC(COCCCCCCCCCCCCCCCCCCCCCC)OC(=O)CCCCCCCCCCC/C=C\CCCCCCCC. The Morgan fingerprint density at radius 3 is 0.932 bits per heavy atom. The van der Waals surface area contributed by atoms with Crippen molar-refractivity contribution in [2.45, 2.75) is 374 Å². The number of carbonyl (C=O) groups excluding carboxylic acids is 2. The molecule has 0 aromatic heterocycles. The van der Waals surface area contributed by atoms with Crippen LogP contribution in [0.1, 0.15) is 367 Å². The Morgan fingerprint density at radius 2 is 0.568 bits per heavy atom. The standard InChI is InChI=1S/C69H130O5/c1-4-7-10-13-16-19-22-25-28-31-34-37-40-43-46-49-52-55-58-61-64-72-65-67(74-69(71)63-60-57-54-51-48-45-42-39-36-33-30-27-24-21-18-15-12-9-6-3)66-73-68(70)62-59-56-53-50-47-44-41-38-35-32-29-26-23-20-17-14-11-8-5-2/h17,20,26-27,29-30,67H,4-16,18-19,21-25,28,31-66H2,1-3H3/b20-17-,29-26-,30-27-. The zero-order chi connectivity index (χ0) is 53.4. The Bertz CT molecular complexity index is 1170. The third-order valence-corrected chi connectivity index (χ3v) is 15.1. The molecule has 0 bridgehead atoms. The minimum absolute atomic E-state index is 0.0886. The minimum Gasteiger partial charge on any atom is -0.462 e. The summed E-state index contributed by atoms with van der Waals surface area (Å²) in [5, 5.41) is 0. The second-order valence-corrected chi connectivity index (χ2v) is 22.7. The summed E-state index contributed by atoms with van der Waals surface area (Å²) in [6.45, 7) is 7.88. The number of rotatable bonds is 63. The molecule has 0 aliphatic rings. The molecule has 0 saturated heterocycles. The quantitative estimate of drug-likeness (QED) is 0.0345. The molecule has 0 aromatic rings. The Balaban J connectivity index is 4.23. The molecule has 0 N–H and O–H groups in total. The van der Waals surface area contributed by atoms with Gasteiger partial charge in [-0.25, -0.2) is 0 Å². The number of unbranched alkanes of at least 4 members (excludes halogenated alkanes) is 46. The Kier molecular flexibility index (Phi) is 63.7. The van der Waals surface area contributed by atoms with Crippen molar-refractivity contribution in [1.29, 1.82) is 0 Å². The molecule has 1 atom stereocenters. The van der Waals surface area contributed by atoms with Gasteiger partial charge in [-0.1, -0.05) is 314 Å². The van der Waals surface area contributed by atoms with Crippen molar-refractivity contribution in [3.63, 3.8) is 0 Å². The first-order chi connectivity index (χ1) is 36.6. The molecule has 436 valence electrons. The van der Waals surface area contributed by atoms with Gasteiger partial charge in [0.2, 0.25) is 0 Å². The molecule has 0 radical (unpaired) electrons. The number of allylic oxidation sites excluding steroid dienone is 6. The summed E-state index contributed by atoms with van der Waals surface area (Å²) in [6.07, 6.45) is 81.9. The van der Waals surface area contributed by atoms with Crippen LogP contribution in [0, 0.1) is 0 Å². The zero-order valence-corrected chi connectivity index (χ0v) is 50.4. The maximum Gasteiger partial charge on any atom is 0.306 e. The van der Waals surface area contributed by atoms with E-state index in [1.54, 1.807) is 0 Å². The fourth-order valence-corrected chi connectivity index (χ4v) is 10.1. The molecule has 0 aliphatic carbocycles. The van der Waals surface area contributed by atoms with Crippen molar-refractivity contribution < 1.29 is 23.8 Å². The summed E-state index contributed by atoms with van der Waals surface area (Å²) in [5.74, 6) is -0.379. The molecule has 1 unspecified atom stereocenters. The lowest BCUT2D eigenvalue weighted by atomic mass is 10.0. The van der Waals surface area contributed by atoms with Gasteiger partial charge >= 0.3 is 11.9 Å². The third kappa shape index (κ3) is 62.7. The Morgan fingerprint density at radius 1 is 0.297 bits per heavy atom. The van der Waals surface area contributed by atoms with Crippen LogP contribution in [0.25, 0.3) is 0 Å². The molecular weight excluding hydrogens is 909 g/mol. The average Bonchev–Trinajstić information content (AvgIpc) is 3.40. The molecule has 0 aromatic carbocycles. The second kappa shape index (κ2) is 65.4. The normalized spacial score (nSPS) is 12.3. The first kappa shape index (κ1) is 72.1. The van der Waals surface area contributed by atoms with Gasteiger partial charge in [0.25, 0.3) is 0 Å². The Labute approximate surface area is 463 Å². The van der Waals surface area contributed by atoms with Crippen molar-refractivity contribution in [3.05, 3.63) is 36.5 Å². The first-order valence-corrected chi connectivity index (χ1v) is 33.5. The van der Waals surface area contributed by atoms with Crippen LogP contribution in [-0.2, 0) is 23.8 Å². The predicted octanol–water partition coefficient (Wildman–Crippen LogP) is 23.3. The van der Waals surface area contributed by atoms with Gasteiger partial charge in [-0.15, -0.1) is 0 Å². The third-order valence-electron chi connectivity index (χ3n) is 15.1. The first-order valence-electron chi connectivity index (χ1n) is 33.5. The van der Waals surface area contributed by atoms with Gasteiger partial charge in [-0.3, -0.25) is 9.59 Å². The number of hydrogen-bond acceptors (Lipinski definition) is 5. The van der Waals surface area contributed by atoms with Crippen LogP contribution in [0.15, 0.2) is 36.5 Å². The lowest BCUT2D eigenvalue weighted by Crippen LogP contribution is -2.30. The molecule has 0 aliphatic heterocycles. The molecule has 5 heteroatoms. The fourth-order valence-electron chi connectivity index (χ4n) is 10.1. The summed E-state index contributed by atoms with van der Waals surface area (Å²) in [7, 11) is 0. The number of hydrogen-bond donors (Lipinski definition) is 0. The second-order valence-electron chi connectivity index (χ2n) is 22.7. The molecule has 0 rings (SSSR count). The van der Waals surface area contributed by atoms with Gasteiger partial charge in [-0.2, -0.15) is 0 Å². The molecule has 0 heterocycles. The summed E-state index contributed by atoms with van der Waals surface area (Å²) >= 11 is 0. The fraction of sp³-hybridized carbons (Fsp3) is 0.884. The van der Waals surface area contributed by atoms with Crippen LogP contribution in [-0.4, -0.2) is 37.9 Å². The summed E-state index contributed by atoms with van der Waals surface area (Å²) in [5.41, 5.74) is 0. The maximum atomic E-state index is 12.9. The van der Waals surface area contributed by atoms with Gasteiger partial charge in [-0.05, 0) is 77.0 Å². The molecule has 5 nitrogen and oxygen atoms in total. The number of esters is 2. The lowest BCUT2D eigenvalue weighted by Gasteiger charge is -2.18. The van der Waals surface area contributed by atoms with E-state index in [1.807, 2.05) is 0 Å². The molecule has 0 saturated carbocycles. The highest BCUT2D eigenvalue weighted by Gasteiger charge is 2.18.